The Balaban J connectivity index is 2.31. The number of aromatic nitrogens is 4. The average molecular weight is 231 g/mol. The molecule has 2 aromatic rings. The van der Waals surface area contributed by atoms with E-state index in [1.807, 2.05) is 17.7 Å². The molecule has 90 valence electrons. The van der Waals surface area contributed by atoms with Crippen molar-refractivity contribution in [3.63, 3.8) is 0 Å². The minimum Gasteiger partial charge on any atom is -0.383 e. The number of nitrogen functional groups attached to an aromatic ring is 1. The van der Waals surface area contributed by atoms with Crippen LogP contribution in [0.1, 0.15) is 36.8 Å². The molecule has 5 nitrogen and oxygen atoms in total. The van der Waals surface area contributed by atoms with Crippen LogP contribution >= 0.6 is 0 Å². The zero-order chi connectivity index (χ0) is 12.4. The minimum atomic E-state index is 0.298. The highest BCUT2D eigenvalue weighted by Crippen LogP contribution is 2.16. The summed E-state index contributed by atoms with van der Waals surface area (Å²) in [6.45, 7) is 6.16. The van der Waals surface area contributed by atoms with E-state index in [1.54, 1.807) is 12.5 Å². The lowest BCUT2D eigenvalue weighted by Crippen LogP contribution is -2.10. The summed E-state index contributed by atoms with van der Waals surface area (Å²) in [5.74, 6) is 1.48. The van der Waals surface area contributed by atoms with Crippen molar-refractivity contribution >= 4 is 5.82 Å². The van der Waals surface area contributed by atoms with Gasteiger partial charge >= 0.3 is 0 Å². The first-order valence-corrected chi connectivity index (χ1v) is 5.67. The van der Waals surface area contributed by atoms with Crippen LogP contribution in [0, 0.1) is 6.92 Å². The van der Waals surface area contributed by atoms with E-state index in [4.69, 9.17) is 5.73 Å². The predicted molar refractivity (Wildman–Crippen MR) is 66.6 cm³/mol. The fourth-order valence-corrected chi connectivity index (χ4v) is 1.78. The zero-order valence-electron chi connectivity index (χ0n) is 10.4. The molecule has 2 aromatic heterocycles. The number of hydrogen-bond acceptors (Lipinski definition) is 4. The highest BCUT2D eigenvalue weighted by Gasteiger charge is 2.10. The van der Waals surface area contributed by atoms with Crippen molar-refractivity contribution in [2.75, 3.05) is 5.73 Å². The molecule has 0 atom stereocenters. The molecule has 0 aromatic carbocycles. The fraction of sp³-hybridized carbons (Fsp3) is 0.417. The Bertz CT molecular complexity index is 515. The van der Waals surface area contributed by atoms with Crippen molar-refractivity contribution in [3.8, 4) is 0 Å². The maximum Gasteiger partial charge on any atom is 0.138 e. The summed E-state index contributed by atoms with van der Waals surface area (Å²) in [4.78, 5) is 8.43. The highest BCUT2D eigenvalue weighted by atomic mass is 15.3. The molecule has 0 saturated carbocycles. The molecule has 0 aliphatic carbocycles. The monoisotopic (exact) mass is 231 g/mol. The van der Waals surface area contributed by atoms with Crippen molar-refractivity contribution in [3.05, 3.63) is 35.5 Å². The topological polar surface area (TPSA) is 69.6 Å². The molecule has 0 bridgehead atoms. The molecule has 0 unspecified atom stereocenters. The number of pyridine rings is 1. The summed E-state index contributed by atoms with van der Waals surface area (Å²) < 4.78 is 1.90. The average Bonchev–Trinajstić information content (AvgIpc) is 2.71. The van der Waals surface area contributed by atoms with Crippen LogP contribution in [-0.2, 0) is 6.42 Å². The summed E-state index contributed by atoms with van der Waals surface area (Å²) in [6, 6.07) is 2.34. The summed E-state index contributed by atoms with van der Waals surface area (Å²) >= 11 is 0. The van der Waals surface area contributed by atoms with Crippen molar-refractivity contribution < 1.29 is 0 Å². The molecule has 5 heteroatoms. The van der Waals surface area contributed by atoms with Gasteiger partial charge in [-0.25, -0.2) is 14.6 Å². The SMILES string of the molecule is Cc1cnc(N)c(Cc2ncnn2C(C)C)c1. The van der Waals surface area contributed by atoms with Crippen LogP contribution in [-0.4, -0.2) is 19.7 Å². The van der Waals surface area contributed by atoms with Gasteiger partial charge in [-0.2, -0.15) is 5.10 Å². The molecular formula is C12H17N5. The number of nitrogens with zero attached hydrogens (tertiary/aromatic N) is 4. The minimum absolute atomic E-state index is 0.298. The Morgan fingerprint density at radius 2 is 2.12 bits per heavy atom. The van der Waals surface area contributed by atoms with E-state index in [2.05, 4.69) is 28.9 Å². The Hall–Kier alpha value is -1.91. The van der Waals surface area contributed by atoms with Crippen molar-refractivity contribution in [2.24, 2.45) is 0 Å². The van der Waals surface area contributed by atoms with Crippen LogP contribution in [0.15, 0.2) is 18.6 Å². The fourth-order valence-electron chi connectivity index (χ4n) is 1.78. The lowest BCUT2D eigenvalue weighted by atomic mass is 10.1. The van der Waals surface area contributed by atoms with Gasteiger partial charge in [0.1, 0.15) is 18.0 Å². The van der Waals surface area contributed by atoms with E-state index in [0.29, 0.717) is 18.3 Å². The van der Waals surface area contributed by atoms with Crippen LogP contribution in [0.5, 0.6) is 0 Å². The molecule has 2 N–H and O–H groups in total. The molecular weight excluding hydrogens is 214 g/mol. The van der Waals surface area contributed by atoms with Crippen molar-refractivity contribution in [1.82, 2.24) is 19.7 Å². The Morgan fingerprint density at radius 3 is 2.82 bits per heavy atom. The third kappa shape index (κ3) is 2.43. The lowest BCUT2D eigenvalue weighted by molar-refractivity contribution is 0.510. The standard InChI is InChI=1S/C12H17N5/c1-8(2)17-11(15-7-16-17)5-10-4-9(3)6-14-12(10)13/h4,6-8H,5H2,1-3H3,(H2,13,14). The maximum absolute atomic E-state index is 5.86. The lowest BCUT2D eigenvalue weighted by Gasteiger charge is -2.10. The predicted octanol–water partition coefficient (Wildman–Crippen LogP) is 1.74. The van der Waals surface area contributed by atoms with Gasteiger partial charge in [0.15, 0.2) is 0 Å². The first-order chi connectivity index (χ1) is 8.08. The van der Waals surface area contributed by atoms with Gasteiger partial charge < -0.3 is 5.73 Å². The van der Waals surface area contributed by atoms with Crippen LogP contribution in [0.2, 0.25) is 0 Å². The normalized spacial score (nSPS) is 11.1. The summed E-state index contributed by atoms with van der Waals surface area (Å²) in [7, 11) is 0. The van der Waals surface area contributed by atoms with Crippen molar-refractivity contribution in [2.45, 2.75) is 33.2 Å². The second-order valence-electron chi connectivity index (χ2n) is 4.45. The first-order valence-electron chi connectivity index (χ1n) is 5.67. The molecule has 0 aliphatic rings. The van der Waals surface area contributed by atoms with E-state index in [1.165, 1.54) is 0 Å². The van der Waals surface area contributed by atoms with E-state index in [-0.39, 0.29) is 0 Å². The Kier molecular flexibility index (Phi) is 3.08. The van der Waals surface area contributed by atoms with Gasteiger partial charge in [0.25, 0.3) is 0 Å². The molecule has 0 radical (unpaired) electrons. The molecule has 0 amide bonds. The highest BCUT2D eigenvalue weighted by molar-refractivity contribution is 5.42. The Morgan fingerprint density at radius 1 is 1.35 bits per heavy atom. The van der Waals surface area contributed by atoms with Crippen LogP contribution in [0.3, 0.4) is 0 Å². The summed E-state index contributed by atoms with van der Waals surface area (Å²) in [6.07, 6.45) is 4.01. The quantitative estimate of drug-likeness (QED) is 0.873. The van der Waals surface area contributed by atoms with Gasteiger partial charge in [0.05, 0.1) is 0 Å². The zero-order valence-corrected chi connectivity index (χ0v) is 10.4. The van der Waals surface area contributed by atoms with Gasteiger partial charge in [-0.3, -0.25) is 0 Å². The van der Waals surface area contributed by atoms with E-state index in [0.717, 1.165) is 17.0 Å². The van der Waals surface area contributed by atoms with Gasteiger partial charge in [-0.15, -0.1) is 0 Å². The van der Waals surface area contributed by atoms with E-state index < -0.39 is 0 Å². The number of aryl methyl sites for hydroxylation is 1. The molecule has 0 aliphatic heterocycles. The summed E-state index contributed by atoms with van der Waals surface area (Å²) in [5.41, 5.74) is 7.97. The number of rotatable bonds is 3. The van der Waals surface area contributed by atoms with Crippen LogP contribution < -0.4 is 5.73 Å². The van der Waals surface area contributed by atoms with Crippen LogP contribution in [0.4, 0.5) is 5.82 Å². The second kappa shape index (κ2) is 4.53. The second-order valence-corrected chi connectivity index (χ2v) is 4.45. The Labute approximate surface area is 101 Å². The van der Waals surface area contributed by atoms with E-state index in [9.17, 15) is 0 Å². The smallest absolute Gasteiger partial charge is 0.138 e. The molecule has 0 saturated heterocycles. The maximum atomic E-state index is 5.86. The molecule has 2 rings (SSSR count). The largest absolute Gasteiger partial charge is 0.383 e. The number of hydrogen-bond donors (Lipinski definition) is 1. The molecule has 0 fully saturated rings. The first kappa shape index (κ1) is 11.6. The van der Waals surface area contributed by atoms with Gasteiger partial charge in [0.2, 0.25) is 0 Å². The molecule has 17 heavy (non-hydrogen) atoms. The molecule has 0 spiro atoms. The molecule has 2 heterocycles. The van der Waals surface area contributed by atoms with Gasteiger partial charge in [-0.1, -0.05) is 6.07 Å². The van der Waals surface area contributed by atoms with Gasteiger partial charge in [0, 0.05) is 24.2 Å². The van der Waals surface area contributed by atoms with Crippen molar-refractivity contribution in [1.29, 1.82) is 0 Å². The van der Waals surface area contributed by atoms with Crippen LogP contribution in [0.25, 0.3) is 0 Å². The van der Waals surface area contributed by atoms with Gasteiger partial charge in [-0.05, 0) is 26.3 Å². The third-order valence-electron chi connectivity index (χ3n) is 2.62. The number of nitrogens with two attached hydrogens (primary N) is 1. The third-order valence-corrected chi connectivity index (χ3v) is 2.62. The summed E-state index contributed by atoms with van der Waals surface area (Å²) in [5, 5.41) is 4.21. The number of anilines is 1. The van der Waals surface area contributed by atoms with E-state index >= 15 is 0 Å².